The second-order valence-corrected chi connectivity index (χ2v) is 4.05. The summed E-state index contributed by atoms with van der Waals surface area (Å²) in [4.78, 5) is 21.7. The van der Waals surface area contributed by atoms with Crippen molar-refractivity contribution in [2.45, 2.75) is 13.8 Å². The number of benzene rings is 1. The van der Waals surface area contributed by atoms with E-state index < -0.39 is 11.8 Å². The van der Waals surface area contributed by atoms with Gasteiger partial charge in [0, 0.05) is 12.0 Å². The van der Waals surface area contributed by atoms with E-state index in [4.69, 9.17) is 5.11 Å². The number of carboxylic acid groups (broad SMARTS) is 1. The number of carboxylic acids is 1. The Morgan fingerprint density at radius 1 is 1.39 bits per heavy atom. The van der Waals surface area contributed by atoms with Crippen LogP contribution in [-0.4, -0.2) is 17.0 Å². The number of halogens is 1. The van der Waals surface area contributed by atoms with Gasteiger partial charge in [-0.2, -0.15) is 0 Å². The molecule has 1 aromatic rings. The van der Waals surface area contributed by atoms with Gasteiger partial charge in [-0.25, -0.2) is 9.18 Å². The zero-order valence-corrected chi connectivity index (χ0v) is 10.1. The van der Waals surface area contributed by atoms with Crippen LogP contribution in [-0.2, 0) is 9.59 Å². The Morgan fingerprint density at radius 2 is 2.06 bits per heavy atom. The zero-order valence-electron chi connectivity index (χ0n) is 10.1. The fourth-order valence-corrected chi connectivity index (χ4v) is 1.18. The SMILES string of the molecule is CC(C)C(=O)Nc1ccc(C=CC(=O)O)cc1F. The van der Waals surface area contributed by atoms with Crippen molar-refractivity contribution in [3.05, 3.63) is 35.7 Å². The number of anilines is 1. The van der Waals surface area contributed by atoms with Crippen molar-refractivity contribution >= 4 is 23.6 Å². The van der Waals surface area contributed by atoms with Crippen molar-refractivity contribution in [2.75, 3.05) is 5.32 Å². The van der Waals surface area contributed by atoms with E-state index in [0.29, 0.717) is 5.56 Å². The van der Waals surface area contributed by atoms with Gasteiger partial charge >= 0.3 is 5.97 Å². The molecule has 0 bridgehead atoms. The van der Waals surface area contributed by atoms with E-state index in [1.165, 1.54) is 18.2 Å². The summed E-state index contributed by atoms with van der Waals surface area (Å²) in [6, 6.07) is 4.09. The summed E-state index contributed by atoms with van der Waals surface area (Å²) in [5, 5.41) is 10.9. The van der Waals surface area contributed by atoms with Crippen molar-refractivity contribution in [3.8, 4) is 0 Å². The molecule has 1 rings (SSSR count). The zero-order chi connectivity index (χ0) is 13.7. The molecule has 5 heteroatoms. The first kappa shape index (κ1) is 13.9. The van der Waals surface area contributed by atoms with Crippen molar-refractivity contribution in [1.29, 1.82) is 0 Å². The van der Waals surface area contributed by atoms with E-state index in [-0.39, 0.29) is 17.5 Å². The number of amides is 1. The molecule has 1 amide bonds. The number of nitrogens with one attached hydrogen (secondary N) is 1. The smallest absolute Gasteiger partial charge is 0.328 e. The molecule has 0 aliphatic rings. The van der Waals surface area contributed by atoms with Crippen LogP contribution in [0.3, 0.4) is 0 Å². The number of hydrogen-bond acceptors (Lipinski definition) is 2. The molecule has 2 N–H and O–H groups in total. The molecule has 0 aliphatic carbocycles. The molecular formula is C13H14FNO3. The van der Waals surface area contributed by atoms with Gasteiger partial charge in [-0.05, 0) is 23.8 Å². The van der Waals surface area contributed by atoms with Gasteiger partial charge < -0.3 is 10.4 Å². The molecule has 0 saturated heterocycles. The Bertz CT molecular complexity index is 495. The molecule has 0 heterocycles. The minimum absolute atomic E-state index is 0.0844. The molecular weight excluding hydrogens is 237 g/mol. The molecule has 0 atom stereocenters. The highest BCUT2D eigenvalue weighted by atomic mass is 19.1. The summed E-state index contributed by atoms with van der Waals surface area (Å²) in [5.74, 6) is -2.22. The van der Waals surface area contributed by atoms with Crippen LogP contribution < -0.4 is 5.32 Å². The first-order valence-electron chi connectivity index (χ1n) is 5.41. The fraction of sp³-hybridized carbons (Fsp3) is 0.231. The van der Waals surface area contributed by atoms with Gasteiger partial charge in [-0.3, -0.25) is 4.79 Å². The standard InChI is InChI=1S/C13H14FNO3/c1-8(2)13(18)15-11-5-3-9(7-10(11)14)4-6-12(16)17/h3-8H,1-2H3,(H,15,18)(H,16,17). The molecule has 4 nitrogen and oxygen atoms in total. The van der Waals surface area contributed by atoms with Crippen LogP contribution >= 0.6 is 0 Å². The lowest BCUT2D eigenvalue weighted by Crippen LogP contribution is -2.18. The summed E-state index contributed by atoms with van der Waals surface area (Å²) >= 11 is 0. The van der Waals surface area contributed by atoms with Gasteiger partial charge in [0.05, 0.1) is 5.69 Å². The van der Waals surface area contributed by atoms with Crippen molar-refractivity contribution < 1.29 is 19.1 Å². The van der Waals surface area contributed by atoms with Gasteiger partial charge in [0.2, 0.25) is 5.91 Å². The highest BCUT2D eigenvalue weighted by Crippen LogP contribution is 2.17. The van der Waals surface area contributed by atoms with Crippen LogP contribution in [0.4, 0.5) is 10.1 Å². The van der Waals surface area contributed by atoms with E-state index in [2.05, 4.69) is 5.32 Å². The average molecular weight is 251 g/mol. The number of rotatable bonds is 4. The molecule has 96 valence electrons. The van der Waals surface area contributed by atoms with Gasteiger partial charge in [-0.15, -0.1) is 0 Å². The molecule has 0 fully saturated rings. The summed E-state index contributed by atoms with van der Waals surface area (Å²) in [6.45, 7) is 3.41. The van der Waals surface area contributed by atoms with Crippen molar-refractivity contribution in [1.82, 2.24) is 0 Å². The minimum atomic E-state index is -1.10. The second kappa shape index (κ2) is 5.95. The van der Waals surface area contributed by atoms with Gasteiger partial charge in [0.15, 0.2) is 0 Å². The second-order valence-electron chi connectivity index (χ2n) is 4.05. The predicted octanol–water partition coefficient (Wildman–Crippen LogP) is 2.52. The Hall–Kier alpha value is -2.17. The quantitative estimate of drug-likeness (QED) is 0.808. The molecule has 0 aromatic heterocycles. The maximum Gasteiger partial charge on any atom is 0.328 e. The fourth-order valence-electron chi connectivity index (χ4n) is 1.18. The highest BCUT2D eigenvalue weighted by Gasteiger charge is 2.10. The molecule has 18 heavy (non-hydrogen) atoms. The average Bonchev–Trinajstić information content (AvgIpc) is 2.29. The number of hydrogen-bond donors (Lipinski definition) is 2. The van der Waals surface area contributed by atoms with Crippen LogP contribution in [0.15, 0.2) is 24.3 Å². The Morgan fingerprint density at radius 3 is 2.56 bits per heavy atom. The highest BCUT2D eigenvalue weighted by molar-refractivity contribution is 5.92. The summed E-state index contributed by atoms with van der Waals surface area (Å²) in [6.07, 6.45) is 2.20. The van der Waals surface area contributed by atoms with Crippen LogP contribution in [0.5, 0.6) is 0 Å². The van der Waals surface area contributed by atoms with Gasteiger partial charge in [0.1, 0.15) is 5.82 Å². The monoisotopic (exact) mass is 251 g/mol. The Balaban J connectivity index is 2.86. The lowest BCUT2D eigenvalue weighted by Gasteiger charge is -2.08. The van der Waals surface area contributed by atoms with E-state index in [9.17, 15) is 14.0 Å². The Kier molecular flexibility index (Phi) is 4.59. The molecule has 0 aliphatic heterocycles. The number of carbonyl (C=O) groups is 2. The number of carbonyl (C=O) groups excluding carboxylic acids is 1. The molecule has 0 spiro atoms. The van der Waals surface area contributed by atoms with E-state index in [1.807, 2.05) is 0 Å². The predicted molar refractivity (Wildman–Crippen MR) is 66.5 cm³/mol. The maximum atomic E-state index is 13.6. The maximum absolute atomic E-state index is 13.6. The third-order valence-electron chi connectivity index (χ3n) is 2.19. The van der Waals surface area contributed by atoms with Crippen LogP contribution in [0.1, 0.15) is 19.4 Å². The van der Waals surface area contributed by atoms with Crippen LogP contribution in [0, 0.1) is 11.7 Å². The summed E-state index contributed by atoms with van der Waals surface area (Å²) in [5.41, 5.74) is 0.499. The van der Waals surface area contributed by atoms with E-state index in [0.717, 1.165) is 12.1 Å². The minimum Gasteiger partial charge on any atom is -0.478 e. The topological polar surface area (TPSA) is 66.4 Å². The van der Waals surface area contributed by atoms with Gasteiger partial charge in [-0.1, -0.05) is 19.9 Å². The molecule has 0 radical (unpaired) electrons. The first-order chi connectivity index (χ1) is 8.40. The van der Waals surface area contributed by atoms with Crippen molar-refractivity contribution in [3.63, 3.8) is 0 Å². The largest absolute Gasteiger partial charge is 0.478 e. The van der Waals surface area contributed by atoms with Crippen LogP contribution in [0.25, 0.3) is 6.08 Å². The lowest BCUT2D eigenvalue weighted by atomic mass is 10.1. The third-order valence-corrected chi connectivity index (χ3v) is 2.19. The van der Waals surface area contributed by atoms with Crippen molar-refractivity contribution in [2.24, 2.45) is 5.92 Å². The van der Waals surface area contributed by atoms with Crippen LogP contribution in [0.2, 0.25) is 0 Å². The normalized spacial score (nSPS) is 10.9. The lowest BCUT2D eigenvalue weighted by molar-refractivity contribution is -0.131. The first-order valence-corrected chi connectivity index (χ1v) is 5.41. The van der Waals surface area contributed by atoms with E-state index >= 15 is 0 Å². The summed E-state index contributed by atoms with van der Waals surface area (Å²) in [7, 11) is 0. The van der Waals surface area contributed by atoms with Gasteiger partial charge in [0.25, 0.3) is 0 Å². The molecule has 0 saturated carbocycles. The number of aliphatic carboxylic acids is 1. The summed E-state index contributed by atoms with van der Waals surface area (Å²) < 4.78 is 13.6. The third kappa shape index (κ3) is 4.01. The Labute approximate surface area is 104 Å². The molecule has 0 unspecified atom stereocenters. The van der Waals surface area contributed by atoms with E-state index in [1.54, 1.807) is 13.8 Å². The molecule has 1 aromatic carbocycles.